The predicted octanol–water partition coefficient (Wildman–Crippen LogP) is 0.00380. The lowest BCUT2D eigenvalue weighted by atomic mass is 10.4. The van der Waals surface area contributed by atoms with E-state index in [0.29, 0.717) is 13.2 Å². The van der Waals surface area contributed by atoms with Crippen LogP contribution in [0, 0.1) is 10.1 Å². The van der Waals surface area contributed by atoms with Crippen LogP contribution in [0.2, 0.25) is 0 Å². The third-order valence-electron chi connectivity index (χ3n) is 2.25. The number of likely N-dealkylation sites (N-methyl/N-ethyl adjacent to an activating group) is 1. The van der Waals surface area contributed by atoms with Gasteiger partial charge >= 0.3 is 5.82 Å². The molecule has 0 aromatic carbocycles. The summed E-state index contributed by atoms with van der Waals surface area (Å²) in [6.45, 7) is 0.785. The fourth-order valence-corrected chi connectivity index (χ4v) is 1.29. The zero-order valence-corrected chi connectivity index (χ0v) is 9.96. The van der Waals surface area contributed by atoms with Crippen LogP contribution < -0.4 is 0 Å². The molecule has 1 amide bonds. The Morgan fingerprint density at radius 3 is 2.83 bits per heavy atom. The second-order valence-electron chi connectivity index (χ2n) is 3.58. The van der Waals surface area contributed by atoms with Crippen LogP contribution >= 0.6 is 0 Å². The lowest BCUT2D eigenvalue weighted by Crippen LogP contribution is -2.30. The molecule has 0 unspecified atom stereocenters. The molecule has 0 aliphatic carbocycles. The van der Waals surface area contributed by atoms with Gasteiger partial charge in [0.2, 0.25) is 0 Å². The fraction of sp³-hybridized carbons (Fsp3) is 0.500. The summed E-state index contributed by atoms with van der Waals surface area (Å²) in [6.07, 6.45) is 0. The molecule has 0 aliphatic heterocycles. The summed E-state index contributed by atoms with van der Waals surface area (Å²) in [4.78, 5) is 25.5. The number of hydrogen-bond donors (Lipinski definition) is 2. The van der Waals surface area contributed by atoms with Crippen LogP contribution in [-0.2, 0) is 4.74 Å². The number of amides is 1. The number of ether oxygens (including phenoxy) is 1. The maximum Gasteiger partial charge on any atom is 0.321 e. The fourth-order valence-electron chi connectivity index (χ4n) is 1.29. The van der Waals surface area contributed by atoms with Gasteiger partial charge in [0.25, 0.3) is 5.91 Å². The third kappa shape index (κ3) is 3.82. The van der Waals surface area contributed by atoms with Crippen molar-refractivity contribution in [1.82, 2.24) is 9.88 Å². The van der Waals surface area contributed by atoms with Crippen molar-refractivity contribution in [2.75, 3.05) is 33.4 Å². The van der Waals surface area contributed by atoms with Gasteiger partial charge in [-0.3, -0.25) is 4.79 Å². The Morgan fingerprint density at radius 1 is 1.56 bits per heavy atom. The van der Waals surface area contributed by atoms with Crippen LogP contribution in [0.4, 0.5) is 5.82 Å². The Morgan fingerprint density at radius 2 is 2.28 bits per heavy atom. The van der Waals surface area contributed by atoms with Crippen molar-refractivity contribution in [3.05, 3.63) is 27.9 Å². The van der Waals surface area contributed by atoms with Crippen LogP contribution in [0.15, 0.2) is 12.1 Å². The van der Waals surface area contributed by atoms with Gasteiger partial charge in [-0.15, -0.1) is 0 Å². The van der Waals surface area contributed by atoms with E-state index in [2.05, 4.69) is 4.98 Å². The summed E-state index contributed by atoms with van der Waals surface area (Å²) in [7, 11) is 1.57. The molecule has 1 rings (SSSR count). The first-order valence-electron chi connectivity index (χ1n) is 5.33. The quantitative estimate of drug-likeness (QED) is 0.406. The van der Waals surface area contributed by atoms with Crippen molar-refractivity contribution in [2.45, 2.75) is 0 Å². The van der Waals surface area contributed by atoms with E-state index < -0.39 is 4.92 Å². The van der Waals surface area contributed by atoms with Crippen molar-refractivity contribution >= 4 is 11.7 Å². The Labute approximate surface area is 103 Å². The molecule has 2 N–H and O–H groups in total. The molecule has 0 radical (unpaired) electrons. The van der Waals surface area contributed by atoms with E-state index in [1.807, 2.05) is 0 Å². The minimum atomic E-state index is -0.596. The smallest absolute Gasteiger partial charge is 0.321 e. The standard InChI is InChI=1S/C10H15N3O5/c1-12(4-6-18-7-5-14)10(15)8-2-3-9(11-8)13(16)17/h2-3,11,14H,4-7H2,1H3. The first-order chi connectivity index (χ1) is 8.56. The topological polar surface area (TPSA) is 109 Å². The van der Waals surface area contributed by atoms with Crippen LogP contribution in [0.5, 0.6) is 0 Å². The van der Waals surface area contributed by atoms with E-state index >= 15 is 0 Å². The van der Waals surface area contributed by atoms with E-state index in [4.69, 9.17) is 9.84 Å². The van der Waals surface area contributed by atoms with E-state index in [9.17, 15) is 14.9 Å². The van der Waals surface area contributed by atoms with Gasteiger partial charge < -0.3 is 24.9 Å². The summed E-state index contributed by atoms with van der Waals surface area (Å²) in [5.41, 5.74) is 0.159. The number of nitrogens with zero attached hydrogens (tertiary/aromatic N) is 2. The van der Waals surface area contributed by atoms with E-state index in [1.165, 1.54) is 17.0 Å². The molecule has 100 valence electrons. The molecule has 0 bridgehead atoms. The summed E-state index contributed by atoms with van der Waals surface area (Å²) in [6, 6.07) is 2.61. The largest absolute Gasteiger partial charge is 0.394 e. The number of rotatable bonds is 7. The number of aromatic amines is 1. The number of aliphatic hydroxyl groups excluding tert-OH is 1. The molecular formula is C10H15N3O5. The number of nitro groups is 1. The van der Waals surface area contributed by atoms with E-state index in [0.717, 1.165) is 0 Å². The van der Waals surface area contributed by atoms with Gasteiger partial charge in [-0.05, 0) is 11.0 Å². The SMILES string of the molecule is CN(CCOCCO)C(=O)c1ccc([N+](=O)[O-])[nH]1. The van der Waals surface area contributed by atoms with Gasteiger partial charge in [-0.25, -0.2) is 4.98 Å². The highest BCUT2D eigenvalue weighted by Crippen LogP contribution is 2.11. The summed E-state index contributed by atoms with van der Waals surface area (Å²) in [5.74, 6) is -0.570. The average molecular weight is 257 g/mol. The minimum absolute atomic E-state index is 0.0690. The zero-order valence-electron chi connectivity index (χ0n) is 9.96. The molecule has 1 heterocycles. The molecule has 0 saturated carbocycles. The number of nitrogens with one attached hydrogen (secondary N) is 1. The predicted molar refractivity (Wildman–Crippen MR) is 62.3 cm³/mol. The summed E-state index contributed by atoms with van der Waals surface area (Å²) in [5, 5.41) is 19.0. The van der Waals surface area contributed by atoms with Crippen molar-refractivity contribution in [3.63, 3.8) is 0 Å². The Bertz CT molecular complexity index is 417. The van der Waals surface area contributed by atoms with Gasteiger partial charge in [0.05, 0.1) is 19.8 Å². The Hall–Kier alpha value is -1.93. The molecule has 8 heteroatoms. The highest BCUT2D eigenvalue weighted by atomic mass is 16.6. The minimum Gasteiger partial charge on any atom is -0.394 e. The first kappa shape index (κ1) is 14.1. The van der Waals surface area contributed by atoms with E-state index in [1.54, 1.807) is 7.05 Å². The Kier molecular flexibility index (Phi) is 5.28. The zero-order chi connectivity index (χ0) is 13.5. The average Bonchev–Trinajstić information content (AvgIpc) is 2.83. The van der Waals surface area contributed by atoms with Gasteiger partial charge in [-0.1, -0.05) is 0 Å². The number of H-pyrrole nitrogens is 1. The Balaban J connectivity index is 2.49. The molecule has 0 atom stereocenters. The van der Waals surface area contributed by atoms with Crippen molar-refractivity contribution in [1.29, 1.82) is 0 Å². The van der Waals surface area contributed by atoms with Gasteiger partial charge in [-0.2, -0.15) is 0 Å². The van der Waals surface area contributed by atoms with Gasteiger partial charge in [0.1, 0.15) is 0 Å². The molecule has 18 heavy (non-hydrogen) atoms. The lowest BCUT2D eigenvalue weighted by Gasteiger charge is -2.14. The third-order valence-corrected chi connectivity index (χ3v) is 2.25. The van der Waals surface area contributed by atoms with Crippen LogP contribution in [0.1, 0.15) is 10.5 Å². The molecule has 1 aromatic heterocycles. The summed E-state index contributed by atoms with van der Waals surface area (Å²) >= 11 is 0. The highest BCUT2D eigenvalue weighted by molar-refractivity contribution is 5.92. The normalized spacial score (nSPS) is 10.3. The molecular weight excluding hydrogens is 242 g/mol. The maximum atomic E-state index is 11.8. The number of aliphatic hydroxyl groups is 1. The van der Waals surface area contributed by atoms with E-state index in [-0.39, 0.29) is 30.6 Å². The van der Waals surface area contributed by atoms with Gasteiger partial charge in [0.15, 0.2) is 5.69 Å². The molecule has 0 saturated heterocycles. The van der Waals surface area contributed by atoms with Crippen molar-refractivity contribution in [3.8, 4) is 0 Å². The first-order valence-corrected chi connectivity index (χ1v) is 5.33. The molecule has 0 spiro atoms. The van der Waals surface area contributed by atoms with Crippen molar-refractivity contribution in [2.24, 2.45) is 0 Å². The molecule has 0 aliphatic rings. The molecule has 1 aromatic rings. The maximum absolute atomic E-state index is 11.8. The van der Waals surface area contributed by atoms with Gasteiger partial charge in [0, 0.05) is 19.7 Å². The van der Waals surface area contributed by atoms with Crippen LogP contribution in [-0.4, -0.2) is 59.2 Å². The number of carbonyl (C=O) groups excluding carboxylic acids is 1. The van der Waals surface area contributed by atoms with Crippen LogP contribution in [0.25, 0.3) is 0 Å². The summed E-state index contributed by atoms with van der Waals surface area (Å²) < 4.78 is 5.02. The second kappa shape index (κ2) is 6.72. The van der Waals surface area contributed by atoms with Crippen LogP contribution in [0.3, 0.4) is 0 Å². The molecule has 0 fully saturated rings. The lowest BCUT2D eigenvalue weighted by molar-refractivity contribution is -0.389. The number of aromatic nitrogens is 1. The second-order valence-corrected chi connectivity index (χ2v) is 3.58. The number of carbonyl (C=O) groups is 1. The highest BCUT2D eigenvalue weighted by Gasteiger charge is 2.18. The molecule has 8 nitrogen and oxygen atoms in total. The van der Waals surface area contributed by atoms with Crippen molar-refractivity contribution < 1.29 is 19.6 Å². The monoisotopic (exact) mass is 257 g/mol. The number of hydrogen-bond acceptors (Lipinski definition) is 5.